The van der Waals surface area contributed by atoms with Crippen LogP contribution in [0.15, 0.2) is 122 Å². The molecule has 1 saturated heterocycles. The van der Waals surface area contributed by atoms with Gasteiger partial charge in [-0.1, -0.05) is 245 Å². The molecule has 0 spiro atoms. The van der Waals surface area contributed by atoms with E-state index in [9.17, 15) is 34.5 Å². The minimum absolute atomic E-state index is 0.0336. The van der Waals surface area contributed by atoms with E-state index in [1.54, 1.807) is 6.08 Å². The van der Waals surface area contributed by atoms with Gasteiger partial charge in [-0.25, -0.2) is 4.79 Å². The lowest BCUT2D eigenvalue weighted by atomic mass is 9.98. The van der Waals surface area contributed by atoms with Crippen molar-refractivity contribution in [1.29, 1.82) is 0 Å². The molecule has 12 nitrogen and oxygen atoms in total. The summed E-state index contributed by atoms with van der Waals surface area (Å²) in [4.78, 5) is 51.1. The van der Waals surface area contributed by atoms with Crippen molar-refractivity contribution in [3.63, 3.8) is 0 Å². The van der Waals surface area contributed by atoms with Crippen LogP contribution in [0.1, 0.15) is 226 Å². The molecule has 0 aliphatic carbocycles. The van der Waals surface area contributed by atoms with Crippen LogP contribution in [-0.2, 0) is 42.9 Å². The van der Waals surface area contributed by atoms with Gasteiger partial charge in [0.25, 0.3) is 0 Å². The van der Waals surface area contributed by atoms with Crippen LogP contribution in [0.3, 0.4) is 0 Å². The van der Waals surface area contributed by atoms with E-state index in [-0.39, 0.29) is 25.9 Å². The highest BCUT2D eigenvalue weighted by atomic mass is 16.7. The minimum Gasteiger partial charge on any atom is -0.479 e. The second-order valence-electron chi connectivity index (χ2n) is 20.2. The average molecular weight is 1100 g/mol. The lowest BCUT2D eigenvalue weighted by Crippen LogP contribution is -2.61. The highest BCUT2D eigenvalue weighted by molar-refractivity contribution is 5.74. The summed E-state index contributed by atoms with van der Waals surface area (Å²) in [5, 5.41) is 31.5. The average Bonchev–Trinajstić information content (AvgIpc) is 3.43. The third-order valence-electron chi connectivity index (χ3n) is 13.1. The molecule has 0 saturated carbocycles. The van der Waals surface area contributed by atoms with Crippen LogP contribution in [-0.4, -0.2) is 89.2 Å². The highest BCUT2D eigenvalue weighted by Gasteiger charge is 2.50. The number of aliphatic carboxylic acids is 1. The molecule has 1 aliphatic rings. The van der Waals surface area contributed by atoms with E-state index < -0.39 is 67.3 Å². The zero-order chi connectivity index (χ0) is 57.5. The van der Waals surface area contributed by atoms with E-state index in [0.717, 1.165) is 77.0 Å². The van der Waals surface area contributed by atoms with E-state index >= 15 is 0 Å². The lowest BCUT2D eigenvalue weighted by Gasteiger charge is -2.40. The topological polar surface area (TPSA) is 175 Å². The number of ether oxygens (including phenoxy) is 5. The summed E-state index contributed by atoms with van der Waals surface area (Å²) in [5.74, 6) is -3.37. The maximum atomic E-state index is 13.1. The maximum Gasteiger partial charge on any atom is 0.335 e. The molecule has 6 unspecified atom stereocenters. The summed E-state index contributed by atoms with van der Waals surface area (Å²) >= 11 is 0. The molecular formula is C67H106O12. The van der Waals surface area contributed by atoms with Crippen molar-refractivity contribution in [1.82, 2.24) is 0 Å². The van der Waals surface area contributed by atoms with E-state index in [1.807, 2.05) is 30.4 Å². The Balaban J connectivity index is 2.76. The number of carbonyl (C=O) groups excluding carboxylic acids is 3. The molecule has 0 radical (unpaired) electrons. The molecule has 6 atom stereocenters. The molecule has 1 aliphatic heterocycles. The Morgan fingerprint density at radius 1 is 0.443 bits per heavy atom. The van der Waals surface area contributed by atoms with E-state index in [0.29, 0.717) is 25.7 Å². The lowest BCUT2D eigenvalue weighted by molar-refractivity contribution is -0.301. The number of allylic oxidation sites excluding steroid dienone is 19. The molecule has 0 amide bonds. The number of rotatable bonds is 50. The Morgan fingerprint density at radius 2 is 0.835 bits per heavy atom. The number of hydrogen-bond acceptors (Lipinski definition) is 11. The predicted octanol–water partition coefficient (Wildman–Crippen LogP) is 16.0. The van der Waals surface area contributed by atoms with Crippen LogP contribution in [0.2, 0.25) is 0 Å². The fourth-order valence-corrected chi connectivity index (χ4v) is 8.48. The van der Waals surface area contributed by atoms with Gasteiger partial charge in [0.2, 0.25) is 0 Å². The third-order valence-corrected chi connectivity index (χ3v) is 13.1. The highest BCUT2D eigenvalue weighted by Crippen LogP contribution is 2.26. The zero-order valence-electron chi connectivity index (χ0n) is 49.1. The summed E-state index contributed by atoms with van der Waals surface area (Å²) in [5.41, 5.74) is 0. The molecule has 0 aromatic rings. The number of unbranched alkanes of at least 4 members (excludes halogenated alkanes) is 17. The van der Waals surface area contributed by atoms with Gasteiger partial charge in [-0.05, 0) is 83.5 Å². The molecule has 0 bridgehead atoms. The molecule has 0 aromatic heterocycles. The first-order chi connectivity index (χ1) is 38.6. The number of aliphatic hydroxyl groups is 2. The van der Waals surface area contributed by atoms with Crippen molar-refractivity contribution < 1.29 is 58.2 Å². The van der Waals surface area contributed by atoms with E-state index in [1.165, 1.54) is 83.5 Å². The van der Waals surface area contributed by atoms with Crippen LogP contribution in [0, 0.1) is 0 Å². The van der Waals surface area contributed by atoms with Gasteiger partial charge in [0.15, 0.2) is 24.6 Å². The number of carboxylic acid groups (broad SMARTS) is 1. The van der Waals surface area contributed by atoms with Crippen molar-refractivity contribution in [3.05, 3.63) is 122 Å². The van der Waals surface area contributed by atoms with Gasteiger partial charge in [0.1, 0.15) is 18.8 Å². The summed E-state index contributed by atoms with van der Waals surface area (Å²) in [6, 6.07) is 0. The smallest absolute Gasteiger partial charge is 0.335 e. The van der Waals surface area contributed by atoms with E-state index in [2.05, 4.69) is 106 Å². The molecule has 1 fully saturated rings. The Hall–Kier alpha value is -4.88. The largest absolute Gasteiger partial charge is 0.479 e. The molecule has 0 aromatic carbocycles. The van der Waals surface area contributed by atoms with Crippen LogP contribution in [0.4, 0.5) is 0 Å². The van der Waals surface area contributed by atoms with Crippen LogP contribution < -0.4 is 0 Å². The molecular weight excluding hydrogens is 997 g/mol. The van der Waals surface area contributed by atoms with E-state index in [4.69, 9.17) is 23.7 Å². The normalized spacial score (nSPS) is 18.7. The fourth-order valence-electron chi connectivity index (χ4n) is 8.48. The van der Waals surface area contributed by atoms with Crippen molar-refractivity contribution in [3.8, 4) is 0 Å². The fraction of sp³-hybridized carbons (Fsp3) is 0.642. The number of carboxylic acids is 1. The molecule has 446 valence electrons. The Bertz CT molecular complexity index is 1840. The summed E-state index contributed by atoms with van der Waals surface area (Å²) in [6.07, 6.45) is 62.0. The van der Waals surface area contributed by atoms with Gasteiger partial charge in [0, 0.05) is 12.8 Å². The Kier molecular flexibility index (Phi) is 49.1. The van der Waals surface area contributed by atoms with Gasteiger partial charge >= 0.3 is 23.9 Å². The number of hydrogen-bond donors (Lipinski definition) is 3. The Morgan fingerprint density at radius 3 is 1.27 bits per heavy atom. The molecule has 3 N–H and O–H groups in total. The molecule has 1 heterocycles. The first-order valence-corrected chi connectivity index (χ1v) is 30.5. The molecule has 1 rings (SSSR count). The van der Waals surface area contributed by atoms with Crippen LogP contribution in [0.5, 0.6) is 0 Å². The summed E-state index contributed by atoms with van der Waals surface area (Å²) in [7, 11) is 0. The maximum absolute atomic E-state index is 13.1. The number of esters is 3. The SMILES string of the molecule is CC/C=C\C/C=C\C/C=C\C/C=C\C/C=C\CCCC(=O)OC1C(OCC(COC(=O)CCCCCCCCCCCCCCCCCCC)OC(=O)C/C=C\C/C=C\C/C=C\C/C=C\C/C=C\CC)OC(C(=O)O)C(O)C1O. The predicted molar refractivity (Wildman–Crippen MR) is 321 cm³/mol. The number of carbonyl (C=O) groups is 4. The monoisotopic (exact) mass is 1100 g/mol. The summed E-state index contributed by atoms with van der Waals surface area (Å²) in [6.45, 7) is 5.66. The second kappa shape index (κ2) is 53.7. The Labute approximate surface area is 478 Å². The van der Waals surface area contributed by atoms with Crippen molar-refractivity contribution >= 4 is 23.9 Å². The van der Waals surface area contributed by atoms with Gasteiger partial charge in [-0.15, -0.1) is 0 Å². The van der Waals surface area contributed by atoms with Crippen molar-refractivity contribution in [2.24, 2.45) is 0 Å². The van der Waals surface area contributed by atoms with Gasteiger partial charge in [-0.2, -0.15) is 0 Å². The summed E-state index contributed by atoms with van der Waals surface area (Å²) < 4.78 is 28.3. The van der Waals surface area contributed by atoms with Gasteiger partial charge < -0.3 is 39.0 Å². The second-order valence-corrected chi connectivity index (χ2v) is 20.2. The minimum atomic E-state index is -1.94. The molecule has 79 heavy (non-hydrogen) atoms. The zero-order valence-corrected chi connectivity index (χ0v) is 49.1. The van der Waals surface area contributed by atoms with Crippen molar-refractivity contribution in [2.75, 3.05) is 13.2 Å². The van der Waals surface area contributed by atoms with Gasteiger partial charge in [0.05, 0.1) is 13.0 Å². The van der Waals surface area contributed by atoms with Gasteiger partial charge in [-0.3, -0.25) is 14.4 Å². The quantitative estimate of drug-likeness (QED) is 0.0228. The van der Waals surface area contributed by atoms with Crippen LogP contribution >= 0.6 is 0 Å². The van der Waals surface area contributed by atoms with Crippen LogP contribution in [0.25, 0.3) is 0 Å². The molecule has 12 heteroatoms. The first-order valence-electron chi connectivity index (χ1n) is 30.5. The first kappa shape index (κ1) is 72.1. The third kappa shape index (κ3) is 43.6. The standard InChI is InChI=1S/C67H106O12/c1-4-7-10-13-16-19-22-25-28-30-33-35-38-41-44-47-50-53-59(68)75-56-58(77-60(69)54-51-48-45-42-39-36-32-27-24-21-18-15-12-9-6-3)57-76-67-65(63(72)62(71)64(79-67)66(73)74)78-61(70)55-52-49-46-43-40-37-34-31-29-26-23-20-17-14-11-8-5-2/h8-9,11-12,17-18,20-21,26-27,29,32,34,37,39,42-43,46,48,51,58,62-65,67,71-72H,4-7,10,13-16,19,22-25,28,30-31,33,35-36,38,40-41,44-45,47,49-50,52-57H2,1-3H3,(H,73,74)/b11-8-,12-9-,20-17-,21-18-,29-26-,32-27-,37-34-,42-39-,46-43-,51-48-. The van der Waals surface area contributed by atoms with Crippen molar-refractivity contribution in [2.45, 2.75) is 263 Å². The number of aliphatic hydroxyl groups excluding tert-OH is 2.